The second-order valence-corrected chi connectivity index (χ2v) is 15.5. The van der Waals surface area contributed by atoms with Crippen molar-refractivity contribution < 1.29 is 33.8 Å². The van der Waals surface area contributed by atoms with E-state index in [1.54, 1.807) is 0 Å². The number of carbonyl (C=O) groups excluding carboxylic acids is 4. The fraction of sp³-hybridized carbons (Fsp3) is 0.216. The summed E-state index contributed by atoms with van der Waals surface area (Å²) in [6.07, 6.45) is -2.43. The number of ether oxygens (including phenoxy) is 2. The molecule has 0 unspecified atom stereocenters. The highest BCUT2D eigenvalue weighted by atomic mass is 16.6. The van der Waals surface area contributed by atoms with Crippen LogP contribution in [0.4, 0.5) is 9.59 Å². The van der Waals surface area contributed by atoms with Crippen LogP contribution in [-0.2, 0) is 31.9 Å². The fourth-order valence-electron chi connectivity index (χ4n) is 8.54. The zero-order valence-electron chi connectivity index (χ0n) is 34.0. The minimum absolute atomic E-state index is 0.0521. The van der Waals surface area contributed by atoms with Crippen LogP contribution in [0, 0.1) is 0 Å². The van der Waals surface area contributed by atoms with Crippen LogP contribution < -0.4 is 21.3 Å². The maximum atomic E-state index is 14.1. The fourth-order valence-corrected chi connectivity index (χ4v) is 8.54. The molecule has 2 atom stereocenters. The number of aliphatic hydroxyl groups is 1. The van der Waals surface area contributed by atoms with Gasteiger partial charge < -0.3 is 35.8 Å². The molecule has 0 spiro atoms. The van der Waals surface area contributed by atoms with Gasteiger partial charge in [-0.15, -0.1) is 0 Å². The highest BCUT2D eigenvalue weighted by molar-refractivity contribution is 5.89. The van der Waals surface area contributed by atoms with E-state index in [9.17, 15) is 24.3 Å². The molecule has 2 aliphatic rings. The molecular weight excluding hydrogens is 781 g/mol. The quantitative estimate of drug-likeness (QED) is 0.0646. The third kappa shape index (κ3) is 9.53. The molecule has 11 nitrogen and oxygen atoms in total. The zero-order valence-corrected chi connectivity index (χ0v) is 34.0. The van der Waals surface area contributed by atoms with Crippen molar-refractivity contribution in [3.8, 4) is 22.3 Å². The topological polar surface area (TPSA) is 155 Å². The average molecular weight is 829 g/mol. The monoisotopic (exact) mass is 828 g/mol. The van der Waals surface area contributed by atoms with E-state index in [1.807, 2.05) is 133 Å². The summed E-state index contributed by atoms with van der Waals surface area (Å²) < 4.78 is 11.6. The molecule has 0 radical (unpaired) electrons. The lowest BCUT2D eigenvalue weighted by molar-refractivity contribution is -0.126. The van der Waals surface area contributed by atoms with Gasteiger partial charge in [-0.05, 0) is 55.6 Å². The number of nitrogens with one attached hydrogen (secondary N) is 4. The van der Waals surface area contributed by atoms with Crippen molar-refractivity contribution in [2.45, 2.75) is 49.3 Å². The predicted octanol–water partition coefficient (Wildman–Crippen LogP) is 7.23. The van der Waals surface area contributed by atoms with Gasteiger partial charge in [0.15, 0.2) is 0 Å². The molecule has 0 aliphatic heterocycles. The molecule has 11 heteroatoms. The van der Waals surface area contributed by atoms with E-state index in [0.29, 0.717) is 0 Å². The first-order valence-electron chi connectivity index (χ1n) is 20.9. The third-order valence-electron chi connectivity index (χ3n) is 11.5. The summed E-state index contributed by atoms with van der Waals surface area (Å²) in [4.78, 5) is 55.1. The molecule has 62 heavy (non-hydrogen) atoms. The predicted molar refractivity (Wildman–Crippen MR) is 236 cm³/mol. The average Bonchev–Trinajstić information content (AvgIpc) is 3.80. The maximum absolute atomic E-state index is 14.1. The minimum Gasteiger partial charge on any atom is -0.449 e. The van der Waals surface area contributed by atoms with E-state index in [4.69, 9.17) is 9.47 Å². The van der Waals surface area contributed by atoms with Gasteiger partial charge in [0.1, 0.15) is 31.5 Å². The summed E-state index contributed by atoms with van der Waals surface area (Å²) in [6.45, 7) is -0.262. The van der Waals surface area contributed by atoms with Gasteiger partial charge in [-0.1, -0.05) is 158 Å². The zero-order chi connectivity index (χ0) is 42.8. The summed E-state index contributed by atoms with van der Waals surface area (Å²) in [5, 5.41) is 21.2. The van der Waals surface area contributed by atoms with Gasteiger partial charge in [-0.2, -0.15) is 0 Å². The van der Waals surface area contributed by atoms with Crippen LogP contribution >= 0.6 is 0 Å². The van der Waals surface area contributed by atoms with Crippen LogP contribution in [0.3, 0.4) is 0 Å². The molecule has 2 aliphatic carbocycles. The Balaban J connectivity index is 0.935. The van der Waals surface area contributed by atoms with Crippen molar-refractivity contribution in [2.24, 2.45) is 0 Å². The molecule has 0 heterocycles. The van der Waals surface area contributed by atoms with Crippen molar-refractivity contribution in [3.05, 3.63) is 191 Å². The molecule has 5 N–H and O–H groups in total. The standard InChI is InChI=1S/C51H48N4O7/c56-28-27-47(54-48(57)45(29-33-15-3-1-4-16-33)52-50(59)61-31-43-39-23-11-7-19-35(39)36-20-8-12-24-40(36)43)55-49(58)46(30-34-17-5-2-6-18-34)53-51(60)62-32-44-41-25-13-9-21-37(41)38-22-10-14-26-42(38)44/h1-26,43-47,56H,27-32H2,(H,52,59)(H,53,60)(H,54,57)(H,55,58)/t45-,46-/m0/s1. The first-order valence-corrected chi connectivity index (χ1v) is 20.9. The van der Waals surface area contributed by atoms with Crippen molar-refractivity contribution in [3.63, 3.8) is 0 Å². The Morgan fingerprint density at radius 2 is 0.774 bits per heavy atom. The second-order valence-electron chi connectivity index (χ2n) is 15.5. The Morgan fingerprint density at radius 1 is 0.452 bits per heavy atom. The van der Waals surface area contributed by atoms with Crippen LogP contribution in [0.2, 0.25) is 0 Å². The Labute approximate surface area is 360 Å². The van der Waals surface area contributed by atoms with E-state index < -0.39 is 42.3 Å². The van der Waals surface area contributed by atoms with Crippen LogP contribution in [0.1, 0.15) is 51.6 Å². The number of fused-ring (bicyclic) bond motifs is 6. The van der Waals surface area contributed by atoms with Gasteiger partial charge in [-0.25, -0.2) is 9.59 Å². The third-order valence-corrected chi connectivity index (χ3v) is 11.5. The first kappa shape index (κ1) is 41.5. The Morgan fingerprint density at radius 3 is 1.11 bits per heavy atom. The number of aliphatic hydroxyl groups excluding tert-OH is 1. The van der Waals surface area contributed by atoms with Crippen molar-refractivity contribution >= 4 is 24.0 Å². The summed E-state index contributed by atoms with van der Waals surface area (Å²) in [6, 6.07) is 48.3. The van der Waals surface area contributed by atoms with E-state index >= 15 is 0 Å². The minimum atomic E-state index is -1.11. The summed E-state index contributed by atoms with van der Waals surface area (Å²) >= 11 is 0. The highest BCUT2D eigenvalue weighted by Crippen LogP contribution is 2.45. The molecule has 0 bridgehead atoms. The molecule has 6 aromatic rings. The van der Waals surface area contributed by atoms with Crippen molar-refractivity contribution in [2.75, 3.05) is 19.8 Å². The van der Waals surface area contributed by atoms with Gasteiger partial charge in [0.05, 0.1) is 0 Å². The Kier molecular flexibility index (Phi) is 13.0. The number of carbonyl (C=O) groups is 4. The number of hydrogen-bond donors (Lipinski definition) is 5. The molecular formula is C51H48N4O7. The second kappa shape index (κ2) is 19.4. The van der Waals surface area contributed by atoms with E-state index in [-0.39, 0.29) is 50.9 Å². The lowest BCUT2D eigenvalue weighted by Crippen LogP contribution is -2.58. The van der Waals surface area contributed by atoms with Gasteiger partial charge in [0.2, 0.25) is 11.8 Å². The molecule has 4 amide bonds. The molecule has 314 valence electrons. The lowest BCUT2D eigenvalue weighted by atomic mass is 9.98. The number of rotatable bonds is 16. The largest absolute Gasteiger partial charge is 0.449 e. The molecule has 0 fully saturated rings. The van der Waals surface area contributed by atoms with E-state index in [2.05, 4.69) is 45.5 Å². The van der Waals surface area contributed by atoms with E-state index in [1.165, 1.54) is 0 Å². The normalized spacial score (nSPS) is 13.5. The van der Waals surface area contributed by atoms with Crippen molar-refractivity contribution in [1.82, 2.24) is 21.3 Å². The maximum Gasteiger partial charge on any atom is 0.407 e. The Bertz CT molecular complexity index is 2270. The molecule has 6 aromatic carbocycles. The Hall–Kier alpha value is -7.24. The summed E-state index contributed by atoms with van der Waals surface area (Å²) in [5.74, 6) is -1.57. The van der Waals surface area contributed by atoms with Crippen molar-refractivity contribution in [1.29, 1.82) is 0 Å². The van der Waals surface area contributed by atoms with Gasteiger partial charge in [0.25, 0.3) is 0 Å². The smallest absolute Gasteiger partial charge is 0.407 e. The molecule has 8 rings (SSSR count). The van der Waals surface area contributed by atoms with Crippen LogP contribution in [-0.4, -0.2) is 67.2 Å². The number of hydrogen-bond acceptors (Lipinski definition) is 7. The number of benzene rings is 6. The molecule has 0 saturated carbocycles. The van der Waals surface area contributed by atoms with Crippen LogP contribution in [0.25, 0.3) is 22.3 Å². The van der Waals surface area contributed by atoms with Crippen LogP contribution in [0.5, 0.6) is 0 Å². The number of alkyl carbamates (subject to hydrolysis) is 2. The highest BCUT2D eigenvalue weighted by Gasteiger charge is 2.33. The lowest BCUT2D eigenvalue weighted by Gasteiger charge is -2.26. The molecule has 0 aromatic heterocycles. The van der Waals surface area contributed by atoms with Gasteiger partial charge >= 0.3 is 12.2 Å². The van der Waals surface area contributed by atoms with Gasteiger partial charge in [0, 0.05) is 37.7 Å². The number of amides is 4. The SMILES string of the molecule is O=C(N[C@@H](Cc1ccccc1)C(=O)NC(CCO)NC(=O)[C@H](Cc1ccccc1)NC(=O)OCC1c2ccccc2-c2ccccc21)OCC1c2ccccc2-c2ccccc21. The summed E-state index contributed by atoms with van der Waals surface area (Å²) in [5.41, 5.74) is 10.2. The first-order chi connectivity index (χ1) is 30.4. The summed E-state index contributed by atoms with van der Waals surface area (Å²) in [7, 11) is 0. The van der Waals surface area contributed by atoms with Gasteiger partial charge in [-0.3, -0.25) is 9.59 Å². The molecule has 0 saturated heterocycles. The van der Waals surface area contributed by atoms with E-state index in [0.717, 1.165) is 55.6 Å². The van der Waals surface area contributed by atoms with Crippen LogP contribution in [0.15, 0.2) is 158 Å².